The lowest BCUT2D eigenvalue weighted by Gasteiger charge is -2.11. The quantitative estimate of drug-likeness (QED) is 0.810. The second-order valence-corrected chi connectivity index (χ2v) is 5.00. The number of pyridine rings is 1. The summed E-state index contributed by atoms with van der Waals surface area (Å²) < 4.78 is 0.988. The number of hydrogen-bond acceptors (Lipinski definition) is 4. The lowest BCUT2D eigenvalue weighted by molar-refractivity contribution is 0.0996. The molecule has 1 aromatic carbocycles. The third-order valence-corrected chi connectivity index (χ3v) is 3.11. The van der Waals surface area contributed by atoms with E-state index in [-0.39, 0.29) is 5.69 Å². The van der Waals surface area contributed by atoms with Crippen LogP contribution >= 0.6 is 15.9 Å². The number of rotatable bonds is 3. The van der Waals surface area contributed by atoms with Gasteiger partial charge >= 0.3 is 0 Å². The Morgan fingerprint density at radius 3 is 2.68 bits per heavy atom. The number of aryl methyl sites for hydroxylation is 1. The van der Waals surface area contributed by atoms with Crippen LogP contribution < -0.4 is 16.8 Å². The molecule has 0 atom stereocenters. The molecule has 2 aromatic rings. The van der Waals surface area contributed by atoms with Crippen LogP contribution in [0.3, 0.4) is 0 Å². The highest BCUT2D eigenvalue weighted by Crippen LogP contribution is 2.25. The summed E-state index contributed by atoms with van der Waals surface area (Å²) in [5.41, 5.74) is 13.5. The standard InChI is InChI=1S/C13H13BrN4O/c1-7-6-8(14)2-4-10(7)17-13-9(15)3-5-11(18-13)12(16)19/h2-6H,15H2,1H3,(H2,16,19)(H,17,18). The first kappa shape index (κ1) is 13.4. The molecule has 0 saturated heterocycles. The van der Waals surface area contributed by atoms with E-state index in [9.17, 15) is 4.79 Å². The van der Waals surface area contributed by atoms with Crippen molar-refractivity contribution in [3.05, 3.63) is 46.1 Å². The molecule has 19 heavy (non-hydrogen) atoms. The van der Waals surface area contributed by atoms with E-state index in [0.29, 0.717) is 11.5 Å². The Morgan fingerprint density at radius 2 is 2.05 bits per heavy atom. The zero-order chi connectivity index (χ0) is 14.0. The van der Waals surface area contributed by atoms with E-state index in [1.807, 2.05) is 25.1 Å². The smallest absolute Gasteiger partial charge is 0.267 e. The fourth-order valence-corrected chi connectivity index (χ4v) is 2.08. The van der Waals surface area contributed by atoms with Crippen LogP contribution in [0.4, 0.5) is 17.2 Å². The van der Waals surface area contributed by atoms with Gasteiger partial charge in [0, 0.05) is 10.2 Å². The van der Waals surface area contributed by atoms with E-state index in [2.05, 4.69) is 26.2 Å². The molecule has 0 spiro atoms. The predicted molar refractivity (Wildman–Crippen MR) is 79.3 cm³/mol. The van der Waals surface area contributed by atoms with Gasteiger partial charge in [-0.05, 0) is 42.8 Å². The first-order valence-electron chi connectivity index (χ1n) is 5.57. The number of nitrogen functional groups attached to an aromatic ring is 1. The number of primary amides is 1. The number of nitrogens with two attached hydrogens (primary N) is 2. The van der Waals surface area contributed by atoms with Crippen molar-refractivity contribution >= 4 is 39.0 Å². The van der Waals surface area contributed by atoms with E-state index in [0.717, 1.165) is 15.7 Å². The fraction of sp³-hybridized carbons (Fsp3) is 0.0769. The van der Waals surface area contributed by atoms with Crippen molar-refractivity contribution in [3.8, 4) is 0 Å². The molecule has 1 aromatic heterocycles. The Labute approximate surface area is 119 Å². The first-order valence-corrected chi connectivity index (χ1v) is 6.36. The summed E-state index contributed by atoms with van der Waals surface area (Å²) in [6.45, 7) is 1.96. The third-order valence-electron chi connectivity index (χ3n) is 2.62. The van der Waals surface area contributed by atoms with Crippen LogP contribution in [0.5, 0.6) is 0 Å². The number of benzene rings is 1. The molecule has 0 aliphatic heterocycles. The van der Waals surface area contributed by atoms with Crippen LogP contribution in [-0.2, 0) is 0 Å². The van der Waals surface area contributed by atoms with Gasteiger partial charge in [0.05, 0.1) is 5.69 Å². The molecule has 5 nitrogen and oxygen atoms in total. The Bertz CT molecular complexity index is 643. The van der Waals surface area contributed by atoms with Crippen molar-refractivity contribution in [3.63, 3.8) is 0 Å². The zero-order valence-electron chi connectivity index (χ0n) is 10.3. The molecule has 6 heteroatoms. The van der Waals surface area contributed by atoms with Crippen LogP contribution in [0.25, 0.3) is 0 Å². The number of hydrogen-bond donors (Lipinski definition) is 3. The minimum atomic E-state index is -0.587. The summed E-state index contributed by atoms with van der Waals surface area (Å²) in [6.07, 6.45) is 0. The van der Waals surface area contributed by atoms with E-state index in [1.165, 1.54) is 6.07 Å². The summed E-state index contributed by atoms with van der Waals surface area (Å²) in [5, 5.41) is 3.10. The van der Waals surface area contributed by atoms with Gasteiger partial charge < -0.3 is 16.8 Å². The van der Waals surface area contributed by atoms with Gasteiger partial charge in [-0.1, -0.05) is 15.9 Å². The summed E-state index contributed by atoms with van der Waals surface area (Å²) >= 11 is 3.40. The van der Waals surface area contributed by atoms with E-state index < -0.39 is 5.91 Å². The van der Waals surface area contributed by atoms with Crippen molar-refractivity contribution < 1.29 is 4.79 Å². The molecule has 0 radical (unpaired) electrons. The number of nitrogens with one attached hydrogen (secondary N) is 1. The molecule has 98 valence electrons. The maximum Gasteiger partial charge on any atom is 0.267 e. The maximum atomic E-state index is 11.1. The van der Waals surface area contributed by atoms with E-state index in [4.69, 9.17) is 11.5 Å². The number of anilines is 3. The normalized spacial score (nSPS) is 10.2. The molecule has 1 heterocycles. The summed E-state index contributed by atoms with van der Waals surface area (Å²) in [4.78, 5) is 15.2. The Morgan fingerprint density at radius 1 is 1.32 bits per heavy atom. The van der Waals surface area contributed by atoms with Gasteiger partial charge in [0.15, 0.2) is 5.82 Å². The topological polar surface area (TPSA) is 94.0 Å². The molecule has 5 N–H and O–H groups in total. The molecular formula is C13H13BrN4O. The molecule has 0 fully saturated rings. The Balaban J connectivity index is 2.37. The van der Waals surface area contributed by atoms with Crippen LogP contribution in [0.1, 0.15) is 16.1 Å². The average Bonchev–Trinajstić information content (AvgIpc) is 2.34. The van der Waals surface area contributed by atoms with Gasteiger partial charge in [0.25, 0.3) is 5.91 Å². The van der Waals surface area contributed by atoms with Crippen molar-refractivity contribution in [1.29, 1.82) is 0 Å². The third kappa shape index (κ3) is 3.03. The minimum Gasteiger partial charge on any atom is -0.396 e. The van der Waals surface area contributed by atoms with Gasteiger partial charge in [0.2, 0.25) is 0 Å². The maximum absolute atomic E-state index is 11.1. The highest BCUT2D eigenvalue weighted by Gasteiger charge is 2.08. The summed E-state index contributed by atoms with van der Waals surface area (Å²) in [7, 11) is 0. The van der Waals surface area contributed by atoms with Crippen LogP contribution in [0.2, 0.25) is 0 Å². The fourth-order valence-electron chi connectivity index (χ4n) is 1.60. The van der Waals surface area contributed by atoms with Gasteiger partial charge in [-0.25, -0.2) is 4.98 Å². The molecule has 0 unspecified atom stereocenters. The van der Waals surface area contributed by atoms with Crippen LogP contribution in [-0.4, -0.2) is 10.9 Å². The first-order chi connectivity index (χ1) is 8.97. The van der Waals surface area contributed by atoms with Crippen molar-refractivity contribution in [2.75, 3.05) is 11.1 Å². The number of aromatic nitrogens is 1. The van der Waals surface area contributed by atoms with E-state index >= 15 is 0 Å². The Hall–Kier alpha value is -2.08. The monoisotopic (exact) mass is 320 g/mol. The molecule has 2 rings (SSSR count). The largest absolute Gasteiger partial charge is 0.396 e. The Kier molecular flexibility index (Phi) is 3.71. The zero-order valence-corrected chi connectivity index (χ0v) is 11.9. The van der Waals surface area contributed by atoms with Gasteiger partial charge in [-0.2, -0.15) is 0 Å². The van der Waals surface area contributed by atoms with Gasteiger partial charge in [-0.15, -0.1) is 0 Å². The highest BCUT2D eigenvalue weighted by atomic mass is 79.9. The minimum absolute atomic E-state index is 0.173. The molecule has 1 amide bonds. The predicted octanol–water partition coefficient (Wildman–Crippen LogP) is 2.58. The van der Waals surface area contributed by atoms with Crippen LogP contribution in [0.15, 0.2) is 34.8 Å². The van der Waals surface area contributed by atoms with Crippen molar-refractivity contribution in [1.82, 2.24) is 4.98 Å². The molecular weight excluding hydrogens is 308 g/mol. The van der Waals surface area contributed by atoms with Crippen LogP contribution in [0, 0.1) is 6.92 Å². The summed E-state index contributed by atoms with van der Waals surface area (Å²) in [6, 6.07) is 8.87. The molecule has 0 saturated carbocycles. The molecule has 0 bridgehead atoms. The van der Waals surface area contributed by atoms with Gasteiger partial charge in [-0.3, -0.25) is 4.79 Å². The summed E-state index contributed by atoms with van der Waals surface area (Å²) in [5.74, 6) is -0.169. The number of carbonyl (C=O) groups is 1. The van der Waals surface area contributed by atoms with Gasteiger partial charge in [0.1, 0.15) is 5.69 Å². The lowest BCUT2D eigenvalue weighted by Crippen LogP contribution is -2.14. The highest BCUT2D eigenvalue weighted by molar-refractivity contribution is 9.10. The number of carbonyl (C=O) groups excluding carboxylic acids is 1. The van der Waals surface area contributed by atoms with E-state index in [1.54, 1.807) is 6.07 Å². The number of halogens is 1. The lowest BCUT2D eigenvalue weighted by atomic mass is 10.2. The molecule has 0 aliphatic rings. The molecule has 0 aliphatic carbocycles. The van der Waals surface area contributed by atoms with Crippen molar-refractivity contribution in [2.24, 2.45) is 5.73 Å². The SMILES string of the molecule is Cc1cc(Br)ccc1Nc1nc(C(N)=O)ccc1N. The number of amides is 1. The second kappa shape index (κ2) is 5.27. The average molecular weight is 321 g/mol. The number of nitrogens with zero attached hydrogens (tertiary/aromatic N) is 1. The van der Waals surface area contributed by atoms with Crippen molar-refractivity contribution in [2.45, 2.75) is 6.92 Å². The second-order valence-electron chi connectivity index (χ2n) is 4.08.